The minimum atomic E-state index is -0.130. The summed E-state index contributed by atoms with van der Waals surface area (Å²) in [7, 11) is 0. The molecule has 0 saturated carbocycles. The smallest absolute Gasteiger partial charge is 0.257 e. The maximum atomic E-state index is 13.0. The molecule has 0 spiro atoms. The van der Waals surface area contributed by atoms with Gasteiger partial charge in [-0.15, -0.1) is 0 Å². The van der Waals surface area contributed by atoms with Gasteiger partial charge in [0.1, 0.15) is 5.82 Å². The summed E-state index contributed by atoms with van der Waals surface area (Å²) in [6.45, 7) is 11.3. The van der Waals surface area contributed by atoms with Crippen molar-refractivity contribution in [1.82, 2.24) is 24.6 Å². The van der Waals surface area contributed by atoms with Gasteiger partial charge >= 0.3 is 0 Å². The minimum absolute atomic E-state index is 0.0751. The van der Waals surface area contributed by atoms with E-state index in [0.717, 1.165) is 36.6 Å². The van der Waals surface area contributed by atoms with Gasteiger partial charge in [0.2, 0.25) is 0 Å². The van der Waals surface area contributed by atoms with Gasteiger partial charge in [0.25, 0.3) is 5.91 Å². The van der Waals surface area contributed by atoms with Crippen LogP contribution < -0.4 is 4.90 Å². The van der Waals surface area contributed by atoms with Crippen molar-refractivity contribution in [1.29, 1.82) is 0 Å². The fourth-order valence-electron chi connectivity index (χ4n) is 3.23. The summed E-state index contributed by atoms with van der Waals surface area (Å²) in [5, 5.41) is 4.48. The fourth-order valence-corrected chi connectivity index (χ4v) is 3.23. The summed E-state index contributed by atoms with van der Waals surface area (Å²) in [6, 6.07) is 0. The Bertz CT molecular complexity index is 726. The molecule has 25 heavy (non-hydrogen) atoms. The molecule has 3 rings (SSSR count). The fraction of sp³-hybridized carbons (Fsp3) is 0.556. The van der Waals surface area contributed by atoms with Crippen LogP contribution >= 0.6 is 0 Å². The number of hydrogen-bond acceptors (Lipinski definition) is 5. The van der Waals surface area contributed by atoms with Crippen molar-refractivity contribution in [3.8, 4) is 0 Å². The third-order valence-electron chi connectivity index (χ3n) is 4.51. The second-order valence-corrected chi connectivity index (χ2v) is 7.28. The van der Waals surface area contributed by atoms with Crippen LogP contribution in [0.5, 0.6) is 0 Å². The molecule has 2 aromatic rings. The van der Waals surface area contributed by atoms with E-state index in [9.17, 15) is 4.79 Å². The topological polar surface area (TPSA) is 67.2 Å². The molecule has 0 unspecified atom stereocenters. The van der Waals surface area contributed by atoms with Crippen molar-refractivity contribution in [3.05, 3.63) is 36.0 Å². The van der Waals surface area contributed by atoms with Gasteiger partial charge in [-0.3, -0.25) is 14.5 Å². The highest BCUT2D eigenvalue weighted by Crippen LogP contribution is 2.22. The standard InChI is InChI=1S/C18H26N6O/c1-5-15-14(12-21-24(15)18(2,3)4)17(25)23-10-8-22(9-11-23)16-13-19-6-7-20-16/h6-7,12-13H,5,8-11H2,1-4H3. The Labute approximate surface area is 148 Å². The third-order valence-corrected chi connectivity index (χ3v) is 4.51. The molecule has 2 aromatic heterocycles. The predicted octanol–water partition coefficient (Wildman–Crippen LogP) is 1.95. The Morgan fingerprint density at radius 2 is 1.84 bits per heavy atom. The lowest BCUT2D eigenvalue weighted by atomic mass is 10.1. The average molecular weight is 342 g/mol. The zero-order valence-electron chi connectivity index (χ0n) is 15.4. The average Bonchev–Trinajstić information content (AvgIpc) is 3.06. The number of amides is 1. The molecule has 7 nitrogen and oxygen atoms in total. The number of piperazine rings is 1. The molecule has 3 heterocycles. The number of nitrogens with zero attached hydrogens (tertiary/aromatic N) is 6. The van der Waals surface area contributed by atoms with Gasteiger partial charge in [0.15, 0.2) is 0 Å². The largest absolute Gasteiger partial charge is 0.352 e. The first kappa shape index (κ1) is 17.4. The normalized spacial score (nSPS) is 15.5. The van der Waals surface area contributed by atoms with Crippen LogP contribution in [0, 0.1) is 0 Å². The molecule has 1 amide bonds. The second kappa shape index (κ2) is 6.82. The van der Waals surface area contributed by atoms with Crippen molar-refractivity contribution >= 4 is 11.7 Å². The highest BCUT2D eigenvalue weighted by molar-refractivity contribution is 5.95. The minimum Gasteiger partial charge on any atom is -0.352 e. The Kier molecular flexibility index (Phi) is 4.74. The van der Waals surface area contributed by atoms with E-state index in [1.165, 1.54) is 0 Å². The molecule has 1 aliphatic heterocycles. The summed E-state index contributed by atoms with van der Waals surface area (Å²) >= 11 is 0. The van der Waals surface area contributed by atoms with Gasteiger partial charge in [0.05, 0.1) is 29.2 Å². The van der Waals surface area contributed by atoms with Crippen LogP contribution in [0.2, 0.25) is 0 Å². The number of hydrogen-bond donors (Lipinski definition) is 0. The third kappa shape index (κ3) is 3.50. The van der Waals surface area contributed by atoms with Crippen molar-refractivity contribution in [2.24, 2.45) is 0 Å². The molecule has 0 N–H and O–H groups in total. The van der Waals surface area contributed by atoms with Crippen LogP contribution in [0.4, 0.5) is 5.82 Å². The Hall–Kier alpha value is -2.44. The van der Waals surface area contributed by atoms with E-state index < -0.39 is 0 Å². The van der Waals surface area contributed by atoms with Gasteiger partial charge in [-0.05, 0) is 27.2 Å². The summed E-state index contributed by atoms with van der Waals surface area (Å²) in [4.78, 5) is 25.5. The SMILES string of the molecule is CCc1c(C(=O)N2CCN(c3cnccn3)CC2)cnn1C(C)(C)C. The van der Waals surface area contributed by atoms with E-state index in [-0.39, 0.29) is 11.4 Å². The Morgan fingerprint density at radius 1 is 1.12 bits per heavy atom. The number of carbonyl (C=O) groups excluding carboxylic acids is 1. The lowest BCUT2D eigenvalue weighted by Gasteiger charge is -2.35. The molecule has 1 fully saturated rings. The molecule has 7 heteroatoms. The van der Waals surface area contributed by atoms with E-state index in [1.807, 2.05) is 9.58 Å². The maximum absolute atomic E-state index is 13.0. The highest BCUT2D eigenvalue weighted by atomic mass is 16.2. The molecule has 1 aliphatic rings. The number of carbonyl (C=O) groups is 1. The van der Waals surface area contributed by atoms with Crippen LogP contribution in [0.15, 0.2) is 24.8 Å². The molecule has 0 atom stereocenters. The first-order chi connectivity index (χ1) is 11.9. The predicted molar refractivity (Wildman–Crippen MR) is 96.7 cm³/mol. The summed E-state index contributed by atoms with van der Waals surface area (Å²) in [5.74, 6) is 0.940. The van der Waals surface area contributed by atoms with Gasteiger partial charge in [-0.25, -0.2) is 4.98 Å². The first-order valence-electron chi connectivity index (χ1n) is 8.79. The van der Waals surface area contributed by atoms with Crippen molar-refractivity contribution in [2.75, 3.05) is 31.1 Å². The number of anilines is 1. The van der Waals surface area contributed by atoms with Gasteiger partial charge in [-0.2, -0.15) is 5.10 Å². The summed E-state index contributed by atoms with van der Waals surface area (Å²) in [5.41, 5.74) is 1.60. The number of aromatic nitrogens is 4. The van der Waals surface area contributed by atoms with Crippen molar-refractivity contribution < 1.29 is 4.79 Å². The number of rotatable bonds is 3. The van der Waals surface area contributed by atoms with E-state index in [1.54, 1.807) is 24.8 Å². The lowest BCUT2D eigenvalue weighted by Crippen LogP contribution is -2.49. The quantitative estimate of drug-likeness (QED) is 0.853. The van der Waals surface area contributed by atoms with Crippen molar-refractivity contribution in [2.45, 2.75) is 39.7 Å². The van der Waals surface area contributed by atoms with Crippen LogP contribution in [-0.2, 0) is 12.0 Å². The Morgan fingerprint density at radius 3 is 2.40 bits per heavy atom. The molecule has 0 aliphatic carbocycles. The van der Waals surface area contributed by atoms with Crippen LogP contribution in [-0.4, -0.2) is 56.7 Å². The molecule has 1 saturated heterocycles. The summed E-state index contributed by atoms with van der Waals surface area (Å²) in [6.07, 6.45) is 7.64. The molecule has 0 radical (unpaired) electrons. The monoisotopic (exact) mass is 342 g/mol. The molecule has 0 aromatic carbocycles. The van der Waals surface area contributed by atoms with Gasteiger partial charge < -0.3 is 9.80 Å². The second-order valence-electron chi connectivity index (χ2n) is 7.28. The van der Waals surface area contributed by atoms with Gasteiger partial charge in [-0.1, -0.05) is 6.92 Å². The van der Waals surface area contributed by atoms with Crippen molar-refractivity contribution in [3.63, 3.8) is 0 Å². The van der Waals surface area contributed by atoms with Gasteiger partial charge in [0, 0.05) is 38.6 Å². The summed E-state index contributed by atoms with van der Waals surface area (Å²) < 4.78 is 1.97. The molecule has 134 valence electrons. The molecular weight excluding hydrogens is 316 g/mol. The Balaban J connectivity index is 1.72. The van der Waals surface area contributed by atoms with Crippen LogP contribution in [0.3, 0.4) is 0 Å². The van der Waals surface area contributed by atoms with E-state index in [4.69, 9.17) is 0 Å². The molecular formula is C18H26N6O. The first-order valence-corrected chi connectivity index (χ1v) is 8.79. The van der Waals surface area contributed by atoms with E-state index in [2.05, 4.69) is 47.7 Å². The van der Waals surface area contributed by atoms with Crippen LogP contribution in [0.1, 0.15) is 43.7 Å². The zero-order chi connectivity index (χ0) is 18.0. The van der Waals surface area contributed by atoms with Crippen LogP contribution in [0.25, 0.3) is 0 Å². The molecule has 0 bridgehead atoms. The maximum Gasteiger partial charge on any atom is 0.257 e. The lowest BCUT2D eigenvalue weighted by molar-refractivity contribution is 0.0745. The zero-order valence-corrected chi connectivity index (χ0v) is 15.4. The van der Waals surface area contributed by atoms with E-state index >= 15 is 0 Å². The highest BCUT2D eigenvalue weighted by Gasteiger charge is 2.28. The van der Waals surface area contributed by atoms with E-state index in [0.29, 0.717) is 13.1 Å².